The zero-order valence-electron chi connectivity index (χ0n) is 10.6. The number of ether oxygens (including phenoxy) is 2. The van der Waals surface area contributed by atoms with Crippen LogP contribution >= 0.6 is 0 Å². The smallest absolute Gasteiger partial charge is 0.161 e. The number of hydrogen-bond acceptors (Lipinski definition) is 3. The maximum Gasteiger partial charge on any atom is 0.161 e. The van der Waals surface area contributed by atoms with Crippen molar-refractivity contribution in [1.82, 2.24) is 5.32 Å². The number of benzene rings is 1. The summed E-state index contributed by atoms with van der Waals surface area (Å²) < 4.78 is 11.6. The van der Waals surface area contributed by atoms with Crippen molar-refractivity contribution in [1.29, 1.82) is 0 Å². The largest absolute Gasteiger partial charge is 0.486 e. The Kier molecular flexibility index (Phi) is 4.26. The highest BCUT2D eigenvalue weighted by atomic mass is 16.6. The number of para-hydroxylation sites is 2. The van der Waals surface area contributed by atoms with Crippen LogP contribution in [0.15, 0.2) is 24.3 Å². The molecule has 1 aromatic carbocycles. The van der Waals surface area contributed by atoms with Gasteiger partial charge >= 0.3 is 0 Å². The predicted octanol–water partition coefficient (Wildman–Crippen LogP) is 2.60. The van der Waals surface area contributed by atoms with E-state index in [1.54, 1.807) is 0 Å². The van der Waals surface area contributed by atoms with Crippen molar-refractivity contribution in [3.8, 4) is 11.5 Å². The van der Waals surface area contributed by atoms with E-state index in [1.807, 2.05) is 24.3 Å². The maximum absolute atomic E-state index is 5.94. The van der Waals surface area contributed by atoms with Gasteiger partial charge in [0.2, 0.25) is 0 Å². The molecule has 0 aromatic heterocycles. The van der Waals surface area contributed by atoms with E-state index >= 15 is 0 Å². The molecule has 3 heteroatoms. The van der Waals surface area contributed by atoms with E-state index in [0.29, 0.717) is 12.6 Å². The Balaban J connectivity index is 1.88. The van der Waals surface area contributed by atoms with E-state index in [1.165, 1.54) is 12.8 Å². The first-order chi connectivity index (χ1) is 8.31. The fourth-order valence-corrected chi connectivity index (χ4v) is 1.92. The summed E-state index contributed by atoms with van der Waals surface area (Å²) in [5, 5.41) is 3.48. The van der Waals surface area contributed by atoms with Crippen LogP contribution in [0, 0.1) is 0 Å². The van der Waals surface area contributed by atoms with Crippen LogP contribution in [0.1, 0.15) is 26.7 Å². The fourth-order valence-electron chi connectivity index (χ4n) is 1.92. The van der Waals surface area contributed by atoms with Crippen LogP contribution in [0.3, 0.4) is 0 Å². The third-order valence-electron chi connectivity index (χ3n) is 3.08. The quantitative estimate of drug-likeness (QED) is 0.796. The Labute approximate surface area is 103 Å². The van der Waals surface area contributed by atoms with Crippen LogP contribution in [0.2, 0.25) is 0 Å². The minimum Gasteiger partial charge on any atom is -0.486 e. The topological polar surface area (TPSA) is 30.5 Å². The summed E-state index contributed by atoms with van der Waals surface area (Å²) in [6.07, 6.45) is 2.51. The molecule has 94 valence electrons. The molecule has 1 aliphatic rings. The number of hydrogen-bond donors (Lipinski definition) is 1. The summed E-state index contributed by atoms with van der Waals surface area (Å²) in [6, 6.07) is 8.15. The molecule has 0 saturated heterocycles. The highest BCUT2D eigenvalue weighted by Crippen LogP contribution is 2.31. The Morgan fingerprint density at radius 1 is 1.35 bits per heavy atom. The van der Waals surface area contributed by atoms with Crippen molar-refractivity contribution in [3.05, 3.63) is 24.3 Å². The Morgan fingerprint density at radius 3 is 2.88 bits per heavy atom. The van der Waals surface area contributed by atoms with Gasteiger partial charge in [-0.15, -0.1) is 0 Å². The molecular formula is C14H21NO2. The molecular weight excluding hydrogens is 214 g/mol. The van der Waals surface area contributed by atoms with E-state index in [9.17, 15) is 0 Å². The van der Waals surface area contributed by atoms with Gasteiger partial charge in [-0.05, 0) is 32.0 Å². The van der Waals surface area contributed by atoms with E-state index in [4.69, 9.17) is 9.47 Å². The minimum atomic E-state index is 0.0988. The summed E-state index contributed by atoms with van der Waals surface area (Å²) >= 11 is 0. The molecule has 0 fully saturated rings. The molecule has 0 spiro atoms. The van der Waals surface area contributed by atoms with Gasteiger partial charge in [-0.2, -0.15) is 0 Å². The van der Waals surface area contributed by atoms with Crippen molar-refractivity contribution in [2.45, 2.75) is 38.8 Å². The van der Waals surface area contributed by atoms with Crippen LogP contribution in [-0.2, 0) is 0 Å². The zero-order chi connectivity index (χ0) is 12.1. The Hall–Kier alpha value is -1.22. The molecule has 17 heavy (non-hydrogen) atoms. The lowest BCUT2D eigenvalue weighted by Gasteiger charge is -2.30. The van der Waals surface area contributed by atoms with Crippen LogP contribution in [0.5, 0.6) is 11.5 Å². The second-order valence-electron chi connectivity index (χ2n) is 4.51. The van der Waals surface area contributed by atoms with Crippen molar-refractivity contribution in [2.75, 3.05) is 13.2 Å². The van der Waals surface area contributed by atoms with Gasteiger partial charge < -0.3 is 14.8 Å². The van der Waals surface area contributed by atoms with Gasteiger partial charge in [-0.1, -0.05) is 25.5 Å². The molecule has 0 bridgehead atoms. The van der Waals surface area contributed by atoms with Gasteiger partial charge in [0.1, 0.15) is 12.7 Å². The van der Waals surface area contributed by atoms with E-state index in [2.05, 4.69) is 19.2 Å². The lowest BCUT2D eigenvalue weighted by molar-refractivity contribution is 0.0667. The minimum absolute atomic E-state index is 0.0988. The highest BCUT2D eigenvalue weighted by molar-refractivity contribution is 5.40. The second kappa shape index (κ2) is 5.92. The number of rotatable bonds is 5. The third-order valence-corrected chi connectivity index (χ3v) is 3.08. The normalized spacial score (nSPS) is 20.0. The summed E-state index contributed by atoms with van der Waals surface area (Å²) in [5.41, 5.74) is 0. The van der Waals surface area contributed by atoms with Gasteiger partial charge in [-0.25, -0.2) is 0 Å². The molecule has 1 aromatic rings. The Morgan fingerprint density at radius 2 is 2.12 bits per heavy atom. The first-order valence-electron chi connectivity index (χ1n) is 6.43. The second-order valence-corrected chi connectivity index (χ2v) is 4.51. The summed E-state index contributed by atoms with van der Waals surface area (Å²) in [4.78, 5) is 0. The molecule has 2 unspecified atom stereocenters. The van der Waals surface area contributed by atoms with Crippen LogP contribution < -0.4 is 14.8 Å². The predicted molar refractivity (Wildman–Crippen MR) is 68.7 cm³/mol. The molecule has 0 amide bonds. The molecule has 2 atom stereocenters. The first kappa shape index (κ1) is 12.2. The number of fused-ring (bicyclic) bond motifs is 1. The van der Waals surface area contributed by atoms with Crippen molar-refractivity contribution < 1.29 is 9.47 Å². The van der Waals surface area contributed by atoms with Crippen LogP contribution in [-0.4, -0.2) is 25.3 Å². The number of unbranched alkanes of at least 4 members (excludes halogenated alkanes) is 1. The van der Waals surface area contributed by atoms with Crippen molar-refractivity contribution in [3.63, 3.8) is 0 Å². The zero-order valence-corrected chi connectivity index (χ0v) is 10.6. The van der Waals surface area contributed by atoms with Crippen molar-refractivity contribution in [2.24, 2.45) is 0 Å². The van der Waals surface area contributed by atoms with Gasteiger partial charge in [0.05, 0.1) is 0 Å². The molecule has 0 aliphatic carbocycles. The third kappa shape index (κ3) is 3.13. The summed E-state index contributed by atoms with van der Waals surface area (Å²) in [6.45, 7) is 6.01. The van der Waals surface area contributed by atoms with Crippen LogP contribution in [0.4, 0.5) is 0 Å². The van der Waals surface area contributed by atoms with Gasteiger partial charge in [0.25, 0.3) is 0 Å². The van der Waals surface area contributed by atoms with Gasteiger partial charge in [0, 0.05) is 6.04 Å². The summed E-state index contributed by atoms with van der Waals surface area (Å²) in [7, 11) is 0. The van der Waals surface area contributed by atoms with E-state index in [0.717, 1.165) is 18.0 Å². The molecule has 3 nitrogen and oxygen atoms in total. The molecule has 0 saturated carbocycles. The Bertz CT molecular complexity index is 354. The molecule has 0 radical (unpaired) electrons. The standard InChI is InChI=1S/C14H21NO2/c1-3-4-9-15-11(2)14-10-16-12-7-5-6-8-13(12)17-14/h5-8,11,14-15H,3-4,9-10H2,1-2H3. The van der Waals surface area contributed by atoms with E-state index in [-0.39, 0.29) is 6.10 Å². The fraction of sp³-hybridized carbons (Fsp3) is 0.571. The molecule has 1 heterocycles. The lowest BCUT2D eigenvalue weighted by Crippen LogP contribution is -2.46. The molecule has 2 rings (SSSR count). The maximum atomic E-state index is 5.94. The monoisotopic (exact) mass is 235 g/mol. The van der Waals surface area contributed by atoms with Crippen molar-refractivity contribution >= 4 is 0 Å². The highest BCUT2D eigenvalue weighted by Gasteiger charge is 2.25. The lowest BCUT2D eigenvalue weighted by atomic mass is 10.1. The van der Waals surface area contributed by atoms with Crippen LogP contribution in [0.25, 0.3) is 0 Å². The first-order valence-corrected chi connectivity index (χ1v) is 6.43. The van der Waals surface area contributed by atoms with Gasteiger partial charge in [-0.3, -0.25) is 0 Å². The average Bonchev–Trinajstić information content (AvgIpc) is 2.38. The summed E-state index contributed by atoms with van der Waals surface area (Å²) in [5.74, 6) is 1.71. The van der Waals surface area contributed by atoms with Gasteiger partial charge in [0.15, 0.2) is 11.5 Å². The SMILES string of the molecule is CCCCNC(C)C1COc2ccccc2O1. The molecule has 1 N–H and O–H groups in total. The molecule has 1 aliphatic heterocycles. The van der Waals surface area contributed by atoms with E-state index < -0.39 is 0 Å². The number of nitrogens with one attached hydrogen (secondary N) is 1. The average molecular weight is 235 g/mol.